The Morgan fingerprint density at radius 2 is 2.11 bits per heavy atom. The van der Waals surface area contributed by atoms with Crippen LogP contribution in [0.4, 0.5) is 0 Å². The molecule has 1 aliphatic rings. The molecule has 0 saturated heterocycles. The molecular weight excluding hydrogens is 289 g/mol. The summed E-state index contributed by atoms with van der Waals surface area (Å²) in [6, 6.07) is 5.55. The summed E-state index contributed by atoms with van der Waals surface area (Å²) >= 11 is 11.8. The van der Waals surface area contributed by atoms with Crippen molar-refractivity contribution in [2.24, 2.45) is 5.92 Å². The summed E-state index contributed by atoms with van der Waals surface area (Å²) in [6.07, 6.45) is 2.49. The summed E-state index contributed by atoms with van der Waals surface area (Å²) in [5.74, 6) is 1.34. The second-order valence-electron chi connectivity index (χ2n) is 4.59. The van der Waals surface area contributed by atoms with Crippen molar-refractivity contribution in [3.8, 4) is 0 Å². The van der Waals surface area contributed by atoms with E-state index in [1.54, 1.807) is 18.2 Å². The lowest BCUT2D eigenvalue weighted by Crippen LogP contribution is -2.35. The quantitative estimate of drug-likeness (QED) is 0.871. The third-order valence-corrected chi connectivity index (χ3v) is 5.32. The van der Waals surface area contributed by atoms with E-state index < -0.39 is 10.8 Å². The van der Waals surface area contributed by atoms with E-state index in [1.807, 2.05) is 0 Å². The molecule has 0 radical (unpaired) electrons. The maximum absolute atomic E-state index is 12.3. The largest absolute Gasteiger partial charge is 0.313 e. The summed E-state index contributed by atoms with van der Waals surface area (Å²) in [6.45, 7) is 3.00. The van der Waals surface area contributed by atoms with Crippen molar-refractivity contribution < 1.29 is 4.21 Å². The number of hydrogen-bond donors (Lipinski definition) is 1. The fraction of sp³-hybridized carbons (Fsp3) is 0.538. The van der Waals surface area contributed by atoms with E-state index in [0.717, 1.165) is 11.4 Å². The number of rotatable bonds is 6. The molecule has 1 aliphatic carbocycles. The topological polar surface area (TPSA) is 29.1 Å². The minimum atomic E-state index is -1.02. The molecule has 1 N–H and O–H groups in total. The van der Waals surface area contributed by atoms with Gasteiger partial charge in [-0.15, -0.1) is 0 Å². The molecule has 1 fully saturated rings. The lowest BCUT2D eigenvalue weighted by atomic mass is 10.2. The molecule has 1 saturated carbocycles. The number of benzene rings is 1. The highest BCUT2D eigenvalue weighted by molar-refractivity contribution is 7.85. The first-order valence-corrected chi connectivity index (χ1v) is 8.26. The molecule has 0 amide bonds. The first-order chi connectivity index (χ1) is 8.61. The van der Waals surface area contributed by atoms with Crippen molar-refractivity contribution in [3.63, 3.8) is 0 Å². The van der Waals surface area contributed by atoms with Crippen molar-refractivity contribution in [3.05, 3.63) is 28.2 Å². The van der Waals surface area contributed by atoms with E-state index in [9.17, 15) is 4.21 Å². The number of halogens is 2. The van der Waals surface area contributed by atoms with Crippen LogP contribution in [0.1, 0.15) is 19.8 Å². The van der Waals surface area contributed by atoms with E-state index in [1.165, 1.54) is 12.8 Å². The Morgan fingerprint density at radius 3 is 2.67 bits per heavy atom. The minimum Gasteiger partial charge on any atom is -0.313 e. The summed E-state index contributed by atoms with van der Waals surface area (Å²) in [4.78, 5) is 0.757. The van der Waals surface area contributed by atoms with E-state index in [-0.39, 0.29) is 0 Å². The molecule has 2 nitrogen and oxygen atoms in total. The minimum absolute atomic E-state index is 0.352. The molecule has 1 aromatic rings. The van der Waals surface area contributed by atoms with E-state index in [4.69, 9.17) is 23.2 Å². The van der Waals surface area contributed by atoms with Gasteiger partial charge in [-0.25, -0.2) is 0 Å². The van der Waals surface area contributed by atoms with E-state index in [2.05, 4.69) is 12.2 Å². The zero-order valence-corrected chi connectivity index (χ0v) is 12.6. The standard InChI is InChI=1S/C13H17Cl2NOS/c1-2-16-13(9-3-4-9)8-18(17)10-5-6-11(14)12(15)7-10/h5-7,9,13,16H,2-4,8H2,1H3. The molecule has 1 aromatic carbocycles. The van der Waals surface area contributed by atoms with Crippen LogP contribution in [0.5, 0.6) is 0 Å². The Bertz CT molecular complexity index is 449. The van der Waals surface area contributed by atoms with E-state index >= 15 is 0 Å². The van der Waals surface area contributed by atoms with Crippen LogP contribution in [-0.2, 0) is 10.8 Å². The van der Waals surface area contributed by atoms with Crippen molar-refractivity contribution in [1.29, 1.82) is 0 Å². The molecule has 0 heterocycles. The maximum atomic E-state index is 12.3. The summed E-state index contributed by atoms with van der Waals surface area (Å²) in [5, 5.41) is 4.39. The van der Waals surface area contributed by atoms with Crippen LogP contribution in [0.3, 0.4) is 0 Å². The first kappa shape index (κ1) is 14.3. The Morgan fingerprint density at radius 1 is 1.39 bits per heavy atom. The van der Waals surface area contributed by atoms with E-state index in [0.29, 0.717) is 27.8 Å². The maximum Gasteiger partial charge on any atom is 0.0604 e. The average Bonchev–Trinajstić information content (AvgIpc) is 3.16. The van der Waals surface area contributed by atoms with Crippen LogP contribution in [0.15, 0.2) is 23.1 Å². The Balaban J connectivity index is 2.03. The SMILES string of the molecule is CCNC(CS(=O)c1ccc(Cl)c(Cl)c1)C1CC1. The second-order valence-corrected chi connectivity index (χ2v) is 6.90. The smallest absolute Gasteiger partial charge is 0.0604 e. The molecular formula is C13H17Cl2NOS. The summed E-state index contributed by atoms with van der Waals surface area (Å²) in [5.41, 5.74) is 0. The monoisotopic (exact) mass is 305 g/mol. The van der Waals surface area contributed by atoms with Crippen LogP contribution < -0.4 is 5.32 Å². The van der Waals surface area contributed by atoms with Gasteiger partial charge in [-0.3, -0.25) is 4.21 Å². The molecule has 2 unspecified atom stereocenters. The van der Waals surface area contributed by atoms with Gasteiger partial charge in [-0.1, -0.05) is 30.1 Å². The van der Waals surface area contributed by atoms with Gasteiger partial charge >= 0.3 is 0 Å². The molecule has 100 valence electrons. The fourth-order valence-electron chi connectivity index (χ4n) is 2.00. The Labute approximate surface area is 121 Å². The third-order valence-electron chi connectivity index (χ3n) is 3.14. The Kier molecular flexibility index (Phi) is 5.07. The number of nitrogens with one attached hydrogen (secondary N) is 1. The Hall–Kier alpha value is -0.0900. The van der Waals surface area contributed by atoms with Crippen LogP contribution in [0.2, 0.25) is 10.0 Å². The molecule has 2 rings (SSSR count). The normalized spacial score (nSPS) is 18.6. The highest BCUT2D eigenvalue weighted by Crippen LogP contribution is 2.33. The lowest BCUT2D eigenvalue weighted by Gasteiger charge is -2.16. The van der Waals surface area contributed by atoms with Crippen LogP contribution in [0, 0.1) is 5.92 Å². The fourth-order valence-corrected chi connectivity index (χ4v) is 3.74. The van der Waals surface area contributed by atoms with Crippen LogP contribution in [-0.4, -0.2) is 22.5 Å². The van der Waals surface area contributed by atoms with Crippen molar-refractivity contribution in [1.82, 2.24) is 5.32 Å². The lowest BCUT2D eigenvalue weighted by molar-refractivity contribution is 0.514. The van der Waals surface area contributed by atoms with Crippen molar-refractivity contribution in [2.75, 3.05) is 12.3 Å². The van der Waals surface area contributed by atoms with Crippen molar-refractivity contribution >= 4 is 34.0 Å². The molecule has 0 bridgehead atoms. The second kappa shape index (κ2) is 6.38. The van der Waals surface area contributed by atoms with Gasteiger partial charge in [0.15, 0.2) is 0 Å². The van der Waals surface area contributed by atoms with Gasteiger partial charge in [0.2, 0.25) is 0 Å². The molecule has 0 aliphatic heterocycles. The number of hydrogen-bond acceptors (Lipinski definition) is 2. The average molecular weight is 306 g/mol. The van der Waals surface area contributed by atoms with Gasteiger partial charge in [0.1, 0.15) is 0 Å². The zero-order chi connectivity index (χ0) is 13.1. The predicted molar refractivity (Wildman–Crippen MR) is 77.9 cm³/mol. The van der Waals surface area contributed by atoms with Gasteiger partial charge in [0.25, 0.3) is 0 Å². The van der Waals surface area contributed by atoms with Gasteiger partial charge in [0.05, 0.1) is 20.8 Å². The first-order valence-electron chi connectivity index (χ1n) is 6.18. The summed E-state index contributed by atoms with van der Waals surface area (Å²) in [7, 11) is -1.02. The van der Waals surface area contributed by atoms with Crippen molar-refractivity contribution in [2.45, 2.75) is 30.7 Å². The highest BCUT2D eigenvalue weighted by atomic mass is 35.5. The molecule has 0 aromatic heterocycles. The van der Waals surface area contributed by atoms with Gasteiger partial charge in [-0.2, -0.15) is 0 Å². The van der Waals surface area contributed by atoms with Gasteiger partial charge in [0, 0.05) is 16.7 Å². The predicted octanol–water partition coefficient (Wildman–Crippen LogP) is 3.49. The van der Waals surface area contributed by atoms with Crippen LogP contribution >= 0.6 is 23.2 Å². The van der Waals surface area contributed by atoms with Gasteiger partial charge in [-0.05, 0) is 43.5 Å². The molecule has 2 atom stereocenters. The third kappa shape index (κ3) is 3.70. The zero-order valence-electron chi connectivity index (χ0n) is 10.3. The molecule has 18 heavy (non-hydrogen) atoms. The highest BCUT2D eigenvalue weighted by Gasteiger charge is 2.31. The molecule has 5 heteroatoms. The van der Waals surface area contributed by atoms with Crippen LogP contribution in [0.25, 0.3) is 0 Å². The van der Waals surface area contributed by atoms with Gasteiger partial charge < -0.3 is 5.32 Å². The summed E-state index contributed by atoms with van der Waals surface area (Å²) < 4.78 is 12.3. The molecule has 0 spiro atoms.